The number of nitrogens with one attached hydrogen (secondary N) is 1. The van der Waals surface area contributed by atoms with Gasteiger partial charge in [-0.25, -0.2) is 0 Å². The van der Waals surface area contributed by atoms with Crippen molar-refractivity contribution in [1.82, 2.24) is 0 Å². The molecule has 2 nitrogen and oxygen atoms in total. The van der Waals surface area contributed by atoms with Gasteiger partial charge in [-0.3, -0.25) is 4.79 Å². The zero-order chi connectivity index (χ0) is 10.6. The van der Waals surface area contributed by atoms with Crippen LogP contribution in [0.2, 0.25) is 0 Å². The van der Waals surface area contributed by atoms with Gasteiger partial charge in [0, 0.05) is 12.1 Å². The largest absolute Gasteiger partial charge is 0.326 e. The fourth-order valence-electron chi connectivity index (χ4n) is 1.33. The molecule has 0 radical (unpaired) electrons. The van der Waals surface area contributed by atoms with Gasteiger partial charge in [0.25, 0.3) is 0 Å². The van der Waals surface area contributed by atoms with Crippen LogP contribution >= 0.6 is 0 Å². The molecular formula is C12H17NO. The summed E-state index contributed by atoms with van der Waals surface area (Å²) in [5.41, 5.74) is 3.29. The lowest BCUT2D eigenvalue weighted by Gasteiger charge is -2.09. The van der Waals surface area contributed by atoms with E-state index in [1.165, 1.54) is 5.56 Å². The summed E-state index contributed by atoms with van der Waals surface area (Å²) in [4.78, 5) is 11.4. The van der Waals surface area contributed by atoms with E-state index in [0.29, 0.717) is 6.42 Å². The smallest absolute Gasteiger partial charge is 0.224 e. The van der Waals surface area contributed by atoms with E-state index in [1.54, 1.807) is 0 Å². The first-order chi connectivity index (χ1) is 6.65. The third-order valence-electron chi connectivity index (χ3n) is 2.36. The van der Waals surface area contributed by atoms with Gasteiger partial charge < -0.3 is 5.32 Å². The molecule has 1 aromatic rings. The Morgan fingerprint density at radius 1 is 1.36 bits per heavy atom. The lowest BCUT2D eigenvalue weighted by molar-refractivity contribution is -0.116. The summed E-state index contributed by atoms with van der Waals surface area (Å²) < 4.78 is 0. The quantitative estimate of drug-likeness (QED) is 0.781. The maximum absolute atomic E-state index is 11.4. The van der Waals surface area contributed by atoms with Crippen molar-refractivity contribution >= 4 is 11.6 Å². The van der Waals surface area contributed by atoms with E-state index in [4.69, 9.17) is 0 Å². The van der Waals surface area contributed by atoms with Crippen LogP contribution in [0.1, 0.15) is 30.9 Å². The maximum atomic E-state index is 11.4. The molecule has 1 rings (SSSR count). The van der Waals surface area contributed by atoms with Crippen molar-refractivity contribution < 1.29 is 4.79 Å². The minimum atomic E-state index is 0.0983. The van der Waals surface area contributed by atoms with Crippen molar-refractivity contribution in [3.63, 3.8) is 0 Å². The highest BCUT2D eigenvalue weighted by Crippen LogP contribution is 2.18. The van der Waals surface area contributed by atoms with E-state index in [1.807, 2.05) is 39.0 Å². The number of carbonyl (C=O) groups is 1. The molecule has 14 heavy (non-hydrogen) atoms. The van der Waals surface area contributed by atoms with Crippen LogP contribution in [0, 0.1) is 13.8 Å². The minimum Gasteiger partial charge on any atom is -0.326 e. The molecule has 0 saturated carbocycles. The fourth-order valence-corrected chi connectivity index (χ4v) is 1.33. The molecule has 0 fully saturated rings. The van der Waals surface area contributed by atoms with Crippen molar-refractivity contribution in [2.75, 3.05) is 5.32 Å². The Bertz CT molecular complexity index is 331. The van der Waals surface area contributed by atoms with E-state index >= 15 is 0 Å². The van der Waals surface area contributed by atoms with Gasteiger partial charge in [-0.15, -0.1) is 0 Å². The second kappa shape index (κ2) is 4.80. The third-order valence-corrected chi connectivity index (χ3v) is 2.36. The predicted molar refractivity (Wildman–Crippen MR) is 59.5 cm³/mol. The average molecular weight is 191 g/mol. The highest BCUT2D eigenvalue weighted by Gasteiger charge is 2.04. The maximum Gasteiger partial charge on any atom is 0.224 e. The van der Waals surface area contributed by atoms with E-state index in [9.17, 15) is 4.79 Å². The summed E-state index contributed by atoms with van der Waals surface area (Å²) in [6, 6.07) is 5.95. The van der Waals surface area contributed by atoms with Crippen molar-refractivity contribution in [1.29, 1.82) is 0 Å². The second-order valence-electron chi connectivity index (χ2n) is 3.55. The summed E-state index contributed by atoms with van der Waals surface area (Å²) in [5.74, 6) is 0.0983. The molecule has 0 aliphatic carbocycles. The number of hydrogen-bond donors (Lipinski definition) is 1. The van der Waals surface area contributed by atoms with Gasteiger partial charge >= 0.3 is 0 Å². The van der Waals surface area contributed by atoms with Gasteiger partial charge in [0.2, 0.25) is 5.91 Å². The third kappa shape index (κ3) is 2.59. The monoisotopic (exact) mass is 191 g/mol. The lowest BCUT2D eigenvalue weighted by atomic mass is 10.1. The van der Waals surface area contributed by atoms with Crippen LogP contribution in [0.5, 0.6) is 0 Å². The zero-order valence-electron chi connectivity index (χ0n) is 9.05. The lowest BCUT2D eigenvalue weighted by Crippen LogP contribution is -2.11. The van der Waals surface area contributed by atoms with E-state index in [0.717, 1.165) is 17.7 Å². The molecule has 0 aliphatic heterocycles. The normalized spacial score (nSPS) is 9.93. The summed E-state index contributed by atoms with van der Waals surface area (Å²) in [6.07, 6.45) is 1.48. The predicted octanol–water partition coefficient (Wildman–Crippen LogP) is 3.04. The highest BCUT2D eigenvalue weighted by atomic mass is 16.1. The van der Waals surface area contributed by atoms with Gasteiger partial charge in [-0.1, -0.05) is 19.1 Å². The molecular weight excluding hydrogens is 174 g/mol. The Morgan fingerprint density at radius 2 is 2.07 bits per heavy atom. The van der Waals surface area contributed by atoms with Crippen molar-refractivity contribution in [3.8, 4) is 0 Å². The van der Waals surface area contributed by atoms with Gasteiger partial charge in [0.15, 0.2) is 0 Å². The van der Waals surface area contributed by atoms with Crippen molar-refractivity contribution in [2.24, 2.45) is 0 Å². The molecule has 76 valence electrons. The Labute approximate surface area is 85.3 Å². The number of rotatable bonds is 3. The molecule has 2 heteroatoms. The van der Waals surface area contributed by atoms with Crippen LogP contribution in [0.15, 0.2) is 18.2 Å². The van der Waals surface area contributed by atoms with Gasteiger partial charge in [-0.05, 0) is 37.5 Å². The Morgan fingerprint density at radius 3 is 2.71 bits per heavy atom. The SMILES string of the molecule is CCCC(=O)Nc1cccc(C)c1C. The minimum absolute atomic E-state index is 0.0983. The molecule has 0 heterocycles. The average Bonchev–Trinajstić information content (AvgIpc) is 2.13. The van der Waals surface area contributed by atoms with Gasteiger partial charge in [-0.2, -0.15) is 0 Å². The first-order valence-electron chi connectivity index (χ1n) is 5.01. The van der Waals surface area contributed by atoms with E-state index < -0.39 is 0 Å². The van der Waals surface area contributed by atoms with Crippen LogP contribution in [0.4, 0.5) is 5.69 Å². The van der Waals surface area contributed by atoms with Crippen LogP contribution < -0.4 is 5.32 Å². The molecule has 0 saturated heterocycles. The van der Waals surface area contributed by atoms with Crippen LogP contribution in [0.3, 0.4) is 0 Å². The number of carbonyl (C=O) groups excluding carboxylic acids is 1. The summed E-state index contributed by atoms with van der Waals surface area (Å²) >= 11 is 0. The van der Waals surface area contributed by atoms with Crippen molar-refractivity contribution in [2.45, 2.75) is 33.6 Å². The van der Waals surface area contributed by atoms with E-state index in [-0.39, 0.29) is 5.91 Å². The number of aryl methyl sites for hydroxylation is 1. The topological polar surface area (TPSA) is 29.1 Å². The highest BCUT2D eigenvalue weighted by molar-refractivity contribution is 5.91. The van der Waals surface area contributed by atoms with Gasteiger partial charge in [0.1, 0.15) is 0 Å². The molecule has 0 unspecified atom stereocenters. The van der Waals surface area contributed by atoms with Gasteiger partial charge in [0.05, 0.1) is 0 Å². The Hall–Kier alpha value is -1.31. The summed E-state index contributed by atoms with van der Waals surface area (Å²) in [6.45, 7) is 6.07. The number of hydrogen-bond acceptors (Lipinski definition) is 1. The fraction of sp³-hybridized carbons (Fsp3) is 0.417. The first kappa shape index (κ1) is 10.8. The molecule has 0 aromatic heterocycles. The van der Waals surface area contributed by atoms with Crippen molar-refractivity contribution in [3.05, 3.63) is 29.3 Å². The van der Waals surface area contributed by atoms with Crippen LogP contribution in [-0.4, -0.2) is 5.91 Å². The van der Waals surface area contributed by atoms with E-state index in [2.05, 4.69) is 5.32 Å². The number of amides is 1. The number of benzene rings is 1. The Kier molecular flexibility index (Phi) is 3.69. The molecule has 1 amide bonds. The zero-order valence-corrected chi connectivity index (χ0v) is 9.05. The molecule has 0 atom stereocenters. The molecule has 0 aliphatic rings. The molecule has 0 bridgehead atoms. The standard InChI is InChI=1S/C12H17NO/c1-4-6-12(14)13-11-8-5-7-9(2)10(11)3/h5,7-8H,4,6H2,1-3H3,(H,13,14). The van der Waals surface area contributed by atoms with Crippen LogP contribution in [0.25, 0.3) is 0 Å². The molecule has 0 spiro atoms. The van der Waals surface area contributed by atoms with Crippen LogP contribution in [-0.2, 0) is 4.79 Å². The summed E-state index contributed by atoms with van der Waals surface area (Å²) in [7, 11) is 0. The second-order valence-corrected chi connectivity index (χ2v) is 3.55. The first-order valence-corrected chi connectivity index (χ1v) is 5.01. The molecule has 1 aromatic carbocycles. The summed E-state index contributed by atoms with van der Waals surface area (Å²) in [5, 5.41) is 2.91. The number of anilines is 1. The Balaban J connectivity index is 2.76. The molecule has 1 N–H and O–H groups in total.